The molecule has 3 aliphatic rings. The number of aliphatic hydroxyl groups excluding tert-OH is 1. The number of oxime groups is 1. The van der Waals surface area contributed by atoms with Gasteiger partial charge in [-0.25, -0.2) is 4.98 Å². The maximum Gasteiger partial charge on any atom is 0.276 e. The molecule has 4 rings (SSSR count). The van der Waals surface area contributed by atoms with Crippen molar-refractivity contribution < 1.29 is 33.9 Å². The monoisotopic (exact) mass is 496 g/mol. The molecular formula is C19H24N6O6S2. The molecule has 12 nitrogen and oxygen atoms in total. The molecule has 0 bridgehead atoms. The largest absolute Gasteiger partial charge is 0.543 e. The van der Waals surface area contributed by atoms with Crippen molar-refractivity contribution in [1.29, 1.82) is 0 Å². The van der Waals surface area contributed by atoms with Crippen LogP contribution in [0.15, 0.2) is 21.8 Å². The number of nitrogens with zero attached hydrogens (tertiary/aromatic N) is 4. The number of hydrogen-bond acceptors (Lipinski definition) is 11. The lowest BCUT2D eigenvalue weighted by molar-refractivity contribution is -0.894. The molecule has 3 aliphatic heterocycles. The van der Waals surface area contributed by atoms with Gasteiger partial charge in [-0.3, -0.25) is 14.5 Å². The summed E-state index contributed by atoms with van der Waals surface area (Å²) in [6.45, 7) is 1.64. The van der Waals surface area contributed by atoms with Crippen LogP contribution >= 0.6 is 23.1 Å². The lowest BCUT2D eigenvalue weighted by Crippen LogP contribution is -2.71. The Morgan fingerprint density at radius 2 is 2.27 bits per heavy atom. The molecule has 4 heterocycles. The molecule has 0 spiro atoms. The van der Waals surface area contributed by atoms with E-state index in [0.29, 0.717) is 41.9 Å². The molecule has 178 valence electrons. The van der Waals surface area contributed by atoms with Crippen molar-refractivity contribution in [2.24, 2.45) is 5.16 Å². The predicted molar refractivity (Wildman–Crippen MR) is 119 cm³/mol. The number of carboxylic acid groups (broad SMARTS) is 1. The van der Waals surface area contributed by atoms with Gasteiger partial charge in [0.25, 0.3) is 11.8 Å². The minimum Gasteiger partial charge on any atom is -0.543 e. The first-order valence-electron chi connectivity index (χ1n) is 10.2. The SMILES string of the molecule is CO/N=C(\C(=O)NC1C(=O)N2C(C(=O)[O-])=C(C[N+]3(C)CCC(O)C3)CS[C@H]12)c1csc(N)n1. The Labute approximate surface area is 197 Å². The zero-order valence-corrected chi connectivity index (χ0v) is 19.6. The van der Waals surface area contributed by atoms with Crippen LogP contribution in [0.4, 0.5) is 5.13 Å². The molecule has 14 heteroatoms. The van der Waals surface area contributed by atoms with Crippen LogP contribution in [0.25, 0.3) is 0 Å². The second kappa shape index (κ2) is 8.93. The number of carbonyl (C=O) groups excluding carboxylic acids is 3. The van der Waals surface area contributed by atoms with Crippen molar-refractivity contribution in [2.45, 2.75) is 23.9 Å². The number of aliphatic hydroxyl groups is 1. The number of hydrogen-bond donors (Lipinski definition) is 3. The quantitative estimate of drug-likeness (QED) is 0.162. The number of nitrogens with two attached hydrogens (primary N) is 1. The first-order chi connectivity index (χ1) is 15.6. The van der Waals surface area contributed by atoms with E-state index in [9.17, 15) is 24.6 Å². The number of thiazole rings is 1. The summed E-state index contributed by atoms with van der Waals surface area (Å²) in [5.41, 5.74) is 6.14. The Kier molecular flexibility index (Phi) is 6.35. The van der Waals surface area contributed by atoms with Crippen molar-refractivity contribution >= 4 is 51.7 Å². The van der Waals surface area contributed by atoms with Crippen LogP contribution < -0.4 is 16.2 Å². The fourth-order valence-corrected chi connectivity index (χ4v) is 6.33. The number of likely N-dealkylation sites (tertiary alicyclic amines) is 1. The number of carbonyl (C=O) groups is 3. The third-order valence-electron chi connectivity index (χ3n) is 5.92. The van der Waals surface area contributed by atoms with E-state index >= 15 is 0 Å². The summed E-state index contributed by atoms with van der Waals surface area (Å²) in [5.74, 6) is -2.29. The minimum atomic E-state index is -1.43. The van der Waals surface area contributed by atoms with E-state index in [0.717, 1.165) is 11.3 Å². The highest BCUT2D eigenvalue weighted by molar-refractivity contribution is 8.00. The minimum absolute atomic E-state index is 0.140. The molecule has 2 fully saturated rings. The number of nitrogens with one attached hydrogen (secondary N) is 1. The van der Waals surface area contributed by atoms with Crippen LogP contribution in [0.2, 0.25) is 0 Å². The molecule has 1 aromatic rings. The van der Waals surface area contributed by atoms with Gasteiger partial charge in [-0.05, 0) is 0 Å². The zero-order chi connectivity index (χ0) is 23.9. The first kappa shape index (κ1) is 23.5. The van der Waals surface area contributed by atoms with Crippen molar-refractivity contribution in [3.63, 3.8) is 0 Å². The number of aliphatic carboxylic acids is 1. The van der Waals surface area contributed by atoms with Gasteiger partial charge in [0, 0.05) is 23.1 Å². The summed E-state index contributed by atoms with van der Waals surface area (Å²) in [4.78, 5) is 47.6. The van der Waals surface area contributed by atoms with Gasteiger partial charge < -0.3 is 35.4 Å². The summed E-state index contributed by atoms with van der Waals surface area (Å²) < 4.78 is 0.494. The molecule has 33 heavy (non-hydrogen) atoms. The van der Waals surface area contributed by atoms with Gasteiger partial charge in [0.15, 0.2) is 10.8 Å². The second-order valence-corrected chi connectivity index (χ2v) is 10.4. The van der Waals surface area contributed by atoms with Crippen LogP contribution in [-0.4, -0.2) is 100 Å². The fraction of sp³-hybridized carbons (Fsp3) is 0.526. The van der Waals surface area contributed by atoms with Gasteiger partial charge in [0.2, 0.25) is 0 Å². The third kappa shape index (κ3) is 4.43. The number of quaternary nitrogens is 1. The van der Waals surface area contributed by atoms with Gasteiger partial charge >= 0.3 is 0 Å². The smallest absolute Gasteiger partial charge is 0.276 e. The topological polar surface area (TPSA) is 170 Å². The predicted octanol–water partition coefficient (Wildman–Crippen LogP) is -2.31. The van der Waals surface area contributed by atoms with Crippen LogP contribution in [0.1, 0.15) is 12.1 Å². The highest BCUT2D eigenvalue weighted by Gasteiger charge is 2.54. The standard InChI is InChI=1S/C19H24N6O6S2/c1-25(4-3-10(26)6-25)5-9-7-32-17-13(16(28)24(17)14(9)18(29)30)22-15(27)12(23-31-2)11-8-33-19(20)21-11/h8,10,13,17,26H,3-7H2,1-2H3,(H3-,20,21,22,27,29,30)/b23-12-/t10?,13?,17-,25?/m1/s1. The highest BCUT2D eigenvalue weighted by atomic mass is 32.2. The summed E-state index contributed by atoms with van der Waals surface area (Å²) in [6, 6.07) is -0.935. The van der Waals surface area contributed by atoms with Gasteiger partial charge in [-0.1, -0.05) is 5.16 Å². The molecule has 0 aliphatic carbocycles. The highest BCUT2D eigenvalue weighted by Crippen LogP contribution is 2.41. The van der Waals surface area contributed by atoms with Crippen molar-refractivity contribution in [2.75, 3.05) is 45.3 Å². The normalized spacial score (nSPS) is 29.5. The van der Waals surface area contributed by atoms with E-state index in [1.54, 1.807) is 5.38 Å². The average Bonchev–Trinajstić information content (AvgIpc) is 3.34. The van der Waals surface area contributed by atoms with Gasteiger partial charge in [0.05, 0.1) is 25.3 Å². The van der Waals surface area contributed by atoms with Crippen LogP contribution in [0, 0.1) is 0 Å². The molecule has 2 amide bonds. The summed E-state index contributed by atoms with van der Waals surface area (Å²) in [5, 5.41) is 29.4. The van der Waals surface area contributed by atoms with E-state index in [4.69, 9.17) is 10.6 Å². The summed E-state index contributed by atoms with van der Waals surface area (Å²) in [7, 11) is 3.23. The van der Waals surface area contributed by atoms with E-state index in [2.05, 4.69) is 15.5 Å². The molecule has 4 N–H and O–H groups in total. The lowest BCUT2D eigenvalue weighted by Gasteiger charge is -2.51. The molecule has 4 atom stereocenters. The Hall–Kier alpha value is -2.68. The Balaban J connectivity index is 1.51. The number of β-lactam (4-membered cyclic amide) rings is 1. The Morgan fingerprint density at radius 1 is 1.52 bits per heavy atom. The molecule has 2 saturated heterocycles. The lowest BCUT2D eigenvalue weighted by atomic mass is 10.0. The van der Waals surface area contributed by atoms with Gasteiger partial charge in [-0.2, -0.15) is 0 Å². The number of anilines is 1. The van der Waals surface area contributed by atoms with Crippen molar-refractivity contribution in [3.8, 4) is 0 Å². The number of likely N-dealkylation sites (N-methyl/N-ethyl adjacent to an activating group) is 1. The zero-order valence-electron chi connectivity index (χ0n) is 18.0. The van der Waals surface area contributed by atoms with Crippen LogP contribution in [-0.2, 0) is 19.2 Å². The molecule has 0 aromatic carbocycles. The van der Waals surface area contributed by atoms with Gasteiger partial charge in [-0.15, -0.1) is 23.1 Å². The number of amides is 2. The van der Waals surface area contributed by atoms with E-state index in [1.165, 1.54) is 23.8 Å². The van der Waals surface area contributed by atoms with Crippen molar-refractivity contribution in [3.05, 3.63) is 22.3 Å². The molecule has 0 saturated carbocycles. The summed E-state index contributed by atoms with van der Waals surface area (Å²) in [6.07, 6.45) is 0.222. The molecule has 1 aromatic heterocycles. The number of aromatic nitrogens is 1. The van der Waals surface area contributed by atoms with Gasteiger partial charge in [0.1, 0.15) is 43.4 Å². The second-order valence-electron chi connectivity index (χ2n) is 8.42. The Bertz CT molecular complexity index is 1060. The molecule has 3 unspecified atom stereocenters. The molecular weight excluding hydrogens is 472 g/mol. The number of carboxylic acids is 1. The number of nitrogen functional groups attached to an aromatic ring is 1. The maximum atomic E-state index is 12.9. The van der Waals surface area contributed by atoms with Crippen LogP contribution in [0.3, 0.4) is 0 Å². The summed E-state index contributed by atoms with van der Waals surface area (Å²) >= 11 is 2.49. The van der Waals surface area contributed by atoms with E-state index < -0.39 is 35.3 Å². The average molecular weight is 497 g/mol. The van der Waals surface area contributed by atoms with E-state index in [-0.39, 0.29) is 22.2 Å². The number of thioether (sulfide) groups is 1. The Morgan fingerprint density at radius 3 is 2.85 bits per heavy atom. The third-order valence-corrected chi connectivity index (χ3v) is 7.93. The molecule has 0 radical (unpaired) electrons. The first-order valence-corrected chi connectivity index (χ1v) is 12.1. The van der Waals surface area contributed by atoms with E-state index in [1.807, 2.05) is 7.05 Å². The van der Waals surface area contributed by atoms with Crippen LogP contribution in [0.5, 0.6) is 0 Å². The number of fused-ring (bicyclic) bond motifs is 1. The fourth-order valence-electron chi connectivity index (χ4n) is 4.45. The van der Waals surface area contributed by atoms with Crippen molar-refractivity contribution in [1.82, 2.24) is 15.2 Å². The number of rotatable bonds is 7. The maximum absolute atomic E-state index is 12.9.